The number of hydrogen-bond acceptors (Lipinski definition) is 6. The maximum Gasteiger partial charge on any atom is 0.243 e. The molecule has 11 nitrogen and oxygen atoms in total. The molecule has 1 saturated heterocycles. The molecule has 1 heterocycles. The summed E-state index contributed by atoms with van der Waals surface area (Å²) in [5.74, 6) is -1.21. The lowest BCUT2D eigenvalue weighted by atomic mass is 10.1. The number of nitrogens with zero attached hydrogens (tertiary/aromatic N) is 2. The molecular formula is C15H27N7O4. The average Bonchev–Trinajstić information content (AvgIpc) is 3.10. The standard InChI is InChI=1S/C15H27N7O4/c16-10(3-1-5-20-15(17)18)13(25)21-9-12(24)22-7-2-4-11(22)14(26)19-6-8-23/h8,10-11H,1-7,9,16H2,(H,19,26)(H,21,25)(H4,17,18,20)/t10-,11-/m0/s1. The summed E-state index contributed by atoms with van der Waals surface area (Å²) >= 11 is 0. The number of aliphatic imine (C=N–C) groups is 1. The molecule has 2 atom stereocenters. The summed E-state index contributed by atoms with van der Waals surface area (Å²) in [6.07, 6.45) is 2.69. The lowest BCUT2D eigenvalue weighted by Gasteiger charge is -2.24. The van der Waals surface area contributed by atoms with Crippen LogP contribution in [0.2, 0.25) is 0 Å². The van der Waals surface area contributed by atoms with Crippen LogP contribution in [0, 0.1) is 0 Å². The highest BCUT2D eigenvalue weighted by Crippen LogP contribution is 2.17. The van der Waals surface area contributed by atoms with Crippen LogP contribution in [0.4, 0.5) is 0 Å². The van der Waals surface area contributed by atoms with Crippen LogP contribution in [-0.4, -0.2) is 73.1 Å². The fourth-order valence-electron chi connectivity index (χ4n) is 2.64. The lowest BCUT2D eigenvalue weighted by molar-refractivity contribution is -0.138. The molecule has 0 radical (unpaired) electrons. The zero-order valence-electron chi connectivity index (χ0n) is 14.6. The Morgan fingerprint density at radius 1 is 1.27 bits per heavy atom. The maximum atomic E-state index is 12.3. The minimum Gasteiger partial charge on any atom is -0.370 e. The van der Waals surface area contributed by atoms with Crippen molar-refractivity contribution in [2.75, 3.05) is 26.2 Å². The topological polar surface area (TPSA) is 186 Å². The van der Waals surface area contributed by atoms with Crippen LogP contribution in [0.5, 0.6) is 0 Å². The van der Waals surface area contributed by atoms with Crippen LogP contribution in [-0.2, 0) is 19.2 Å². The molecule has 0 aromatic heterocycles. The summed E-state index contributed by atoms with van der Waals surface area (Å²) in [5, 5.41) is 4.93. The third kappa shape index (κ3) is 7.05. The molecule has 0 saturated carbocycles. The minimum absolute atomic E-state index is 0.0223. The van der Waals surface area contributed by atoms with Gasteiger partial charge in [-0.05, 0) is 25.7 Å². The van der Waals surface area contributed by atoms with Gasteiger partial charge in [0.15, 0.2) is 5.96 Å². The van der Waals surface area contributed by atoms with Crippen LogP contribution in [0.1, 0.15) is 25.7 Å². The molecule has 0 aliphatic carbocycles. The van der Waals surface area contributed by atoms with E-state index < -0.39 is 18.0 Å². The summed E-state index contributed by atoms with van der Waals surface area (Å²) in [4.78, 5) is 51.7. The van der Waals surface area contributed by atoms with Gasteiger partial charge in [-0.15, -0.1) is 0 Å². The smallest absolute Gasteiger partial charge is 0.243 e. The first-order chi connectivity index (χ1) is 12.4. The van der Waals surface area contributed by atoms with E-state index in [9.17, 15) is 19.2 Å². The Balaban J connectivity index is 2.39. The molecule has 0 aromatic rings. The second-order valence-corrected chi connectivity index (χ2v) is 5.93. The number of rotatable bonds is 10. The summed E-state index contributed by atoms with van der Waals surface area (Å²) in [6, 6.07) is -1.39. The molecule has 0 aromatic carbocycles. The third-order valence-corrected chi connectivity index (χ3v) is 3.95. The molecule has 1 aliphatic rings. The quantitative estimate of drug-likeness (QED) is 0.116. The summed E-state index contributed by atoms with van der Waals surface area (Å²) in [7, 11) is 0. The van der Waals surface area contributed by atoms with Crippen molar-refractivity contribution in [3.05, 3.63) is 0 Å². The van der Waals surface area contributed by atoms with Gasteiger partial charge in [0.05, 0.1) is 19.1 Å². The summed E-state index contributed by atoms with van der Waals surface area (Å²) in [5.41, 5.74) is 16.2. The van der Waals surface area contributed by atoms with Crippen molar-refractivity contribution in [1.82, 2.24) is 15.5 Å². The van der Waals surface area contributed by atoms with E-state index >= 15 is 0 Å². The monoisotopic (exact) mass is 369 g/mol. The normalized spacial score (nSPS) is 17.3. The number of guanidine groups is 1. The number of carbonyl (C=O) groups is 4. The number of carbonyl (C=O) groups excluding carboxylic acids is 4. The number of nitrogens with two attached hydrogens (primary N) is 3. The van der Waals surface area contributed by atoms with Crippen LogP contribution in [0.25, 0.3) is 0 Å². The summed E-state index contributed by atoms with van der Waals surface area (Å²) in [6.45, 7) is 0.465. The predicted octanol–water partition coefficient (Wildman–Crippen LogP) is -3.21. The van der Waals surface area contributed by atoms with Crippen molar-refractivity contribution in [3.63, 3.8) is 0 Å². The second-order valence-electron chi connectivity index (χ2n) is 5.93. The van der Waals surface area contributed by atoms with Gasteiger partial charge in [-0.2, -0.15) is 0 Å². The molecule has 0 bridgehead atoms. The largest absolute Gasteiger partial charge is 0.370 e. The number of nitrogens with one attached hydrogen (secondary N) is 2. The number of likely N-dealkylation sites (tertiary alicyclic amines) is 1. The molecule has 0 spiro atoms. The molecule has 8 N–H and O–H groups in total. The Labute approximate surface area is 151 Å². The predicted molar refractivity (Wildman–Crippen MR) is 94.7 cm³/mol. The summed E-state index contributed by atoms with van der Waals surface area (Å²) < 4.78 is 0. The van der Waals surface area contributed by atoms with Gasteiger partial charge in [-0.3, -0.25) is 19.4 Å². The Hall–Kier alpha value is -2.69. The van der Waals surface area contributed by atoms with Gasteiger partial charge in [0.25, 0.3) is 0 Å². The highest BCUT2D eigenvalue weighted by Gasteiger charge is 2.33. The van der Waals surface area contributed by atoms with Crippen LogP contribution in [0.15, 0.2) is 4.99 Å². The molecule has 1 aliphatic heterocycles. The average molecular weight is 369 g/mol. The molecular weight excluding hydrogens is 342 g/mol. The number of hydrogen-bond donors (Lipinski definition) is 5. The van der Waals surface area contributed by atoms with Gasteiger partial charge in [0.1, 0.15) is 12.3 Å². The van der Waals surface area contributed by atoms with Gasteiger partial charge < -0.3 is 37.5 Å². The molecule has 3 amide bonds. The van der Waals surface area contributed by atoms with Crippen molar-refractivity contribution in [3.8, 4) is 0 Å². The Kier molecular flexibility index (Phi) is 9.06. The van der Waals surface area contributed by atoms with Gasteiger partial charge in [0, 0.05) is 13.1 Å². The van der Waals surface area contributed by atoms with E-state index in [1.807, 2.05) is 0 Å². The van der Waals surface area contributed by atoms with E-state index in [0.29, 0.717) is 45.1 Å². The van der Waals surface area contributed by atoms with Gasteiger partial charge in [0.2, 0.25) is 17.7 Å². The van der Waals surface area contributed by atoms with Gasteiger partial charge in [-0.1, -0.05) is 0 Å². The Morgan fingerprint density at radius 3 is 2.65 bits per heavy atom. The number of aldehydes is 1. The molecule has 26 heavy (non-hydrogen) atoms. The minimum atomic E-state index is -0.776. The van der Waals surface area contributed by atoms with Crippen molar-refractivity contribution < 1.29 is 19.2 Å². The molecule has 11 heteroatoms. The van der Waals surface area contributed by atoms with E-state index in [1.165, 1.54) is 4.90 Å². The van der Waals surface area contributed by atoms with Crippen molar-refractivity contribution in [2.24, 2.45) is 22.2 Å². The van der Waals surface area contributed by atoms with Crippen molar-refractivity contribution >= 4 is 30.0 Å². The maximum absolute atomic E-state index is 12.3. The molecule has 1 fully saturated rings. The van der Waals surface area contributed by atoms with Crippen LogP contribution in [0.3, 0.4) is 0 Å². The first-order valence-electron chi connectivity index (χ1n) is 8.46. The zero-order chi connectivity index (χ0) is 19.5. The first-order valence-corrected chi connectivity index (χ1v) is 8.46. The van der Waals surface area contributed by atoms with Gasteiger partial charge in [-0.25, -0.2) is 0 Å². The molecule has 146 valence electrons. The Morgan fingerprint density at radius 2 is 2.00 bits per heavy atom. The van der Waals surface area contributed by atoms with Crippen molar-refractivity contribution in [1.29, 1.82) is 0 Å². The highest BCUT2D eigenvalue weighted by atomic mass is 16.2. The van der Waals surface area contributed by atoms with Crippen molar-refractivity contribution in [2.45, 2.75) is 37.8 Å². The fraction of sp³-hybridized carbons (Fsp3) is 0.667. The van der Waals surface area contributed by atoms with Crippen LogP contribution >= 0.6 is 0 Å². The Bertz CT molecular complexity index is 548. The van der Waals surface area contributed by atoms with Gasteiger partial charge >= 0.3 is 0 Å². The van der Waals surface area contributed by atoms with E-state index in [4.69, 9.17) is 17.2 Å². The fourth-order valence-corrected chi connectivity index (χ4v) is 2.64. The van der Waals surface area contributed by atoms with E-state index in [2.05, 4.69) is 15.6 Å². The number of amides is 3. The first kappa shape index (κ1) is 21.4. The van der Waals surface area contributed by atoms with E-state index in [-0.39, 0.29) is 30.9 Å². The molecule has 0 unspecified atom stereocenters. The van der Waals surface area contributed by atoms with E-state index in [0.717, 1.165) is 0 Å². The SMILES string of the molecule is NC(N)=NCCC[C@H](N)C(=O)NCC(=O)N1CCC[C@H]1C(=O)NCC=O. The third-order valence-electron chi connectivity index (χ3n) is 3.95. The lowest BCUT2D eigenvalue weighted by Crippen LogP contribution is -2.50. The molecule has 1 rings (SSSR count). The second kappa shape index (κ2) is 11.0. The zero-order valence-corrected chi connectivity index (χ0v) is 14.6. The van der Waals surface area contributed by atoms with E-state index in [1.54, 1.807) is 0 Å². The van der Waals surface area contributed by atoms with Crippen LogP contribution < -0.4 is 27.8 Å². The highest BCUT2D eigenvalue weighted by molar-refractivity contribution is 5.92.